The van der Waals surface area contributed by atoms with Crippen LogP contribution in [0.2, 0.25) is 10.0 Å². The maximum absolute atomic E-state index is 12.8. The van der Waals surface area contributed by atoms with Crippen molar-refractivity contribution in [2.45, 2.75) is 33.7 Å². The number of amides is 1. The van der Waals surface area contributed by atoms with Crippen LogP contribution in [0, 0.1) is 5.41 Å². The molecule has 0 atom stereocenters. The number of aromatic nitrogens is 2. The first-order chi connectivity index (χ1) is 18.6. The van der Waals surface area contributed by atoms with Gasteiger partial charge in [0.05, 0.1) is 17.8 Å². The molecule has 0 fully saturated rings. The molecule has 0 saturated carbocycles. The van der Waals surface area contributed by atoms with Crippen LogP contribution in [0.4, 0.5) is 0 Å². The molecule has 4 aromatic rings. The fourth-order valence-corrected chi connectivity index (χ4v) is 4.55. The van der Waals surface area contributed by atoms with Crippen LogP contribution in [-0.2, 0) is 11.3 Å². The summed E-state index contributed by atoms with van der Waals surface area (Å²) >= 11 is 12.6. The summed E-state index contributed by atoms with van der Waals surface area (Å²) < 4.78 is 7.09. The molecule has 0 spiro atoms. The van der Waals surface area contributed by atoms with E-state index in [2.05, 4.69) is 50.4 Å². The highest BCUT2D eigenvalue weighted by molar-refractivity contribution is 6.36. The summed E-state index contributed by atoms with van der Waals surface area (Å²) in [6.45, 7) is 7.24. The number of hydrogen-bond donors (Lipinski definition) is 1. The monoisotopic (exact) mass is 561 g/mol. The van der Waals surface area contributed by atoms with Crippen molar-refractivity contribution < 1.29 is 9.53 Å². The van der Waals surface area contributed by atoms with Crippen LogP contribution < -0.4 is 10.1 Å². The number of carbonyl (C=O) groups is 1. The number of halogens is 2. The number of hydrogen-bond acceptors (Lipinski definition) is 3. The molecule has 4 rings (SSSR count). The number of carbonyl (C=O) groups excluding carboxylic acids is 1. The van der Waals surface area contributed by atoms with Gasteiger partial charge in [0.1, 0.15) is 18.1 Å². The van der Waals surface area contributed by atoms with E-state index in [4.69, 9.17) is 32.9 Å². The lowest BCUT2D eigenvalue weighted by Crippen LogP contribution is -2.30. The second-order valence-corrected chi connectivity index (χ2v) is 11.4. The van der Waals surface area contributed by atoms with Gasteiger partial charge >= 0.3 is 0 Å². The zero-order valence-electron chi connectivity index (χ0n) is 22.7. The van der Waals surface area contributed by atoms with Crippen molar-refractivity contribution >= 4 is 41.3 Å². The summed E-state index contributed by atoms with van der Waals surface area (Å²) in [7, 11) is 1.66. The molecule has 1 N–H and O–H groups in total. The molecule has 0 saturated heterocycles. The lowest BCUT2D eigenvalue weighted by molar-refractivity contribution is -0.121. The minimum absolute atomic E-state index is 0.0658. The second-order valence-electron chi connectivity index (χ2n) is 10.6. The van der Waals surface area contributed by atoms with Gasteiger partial charge in [-0.1, -0.05) is 86.4 Å². The molecule has 0 radical (unpaired) electrons. The quantitative estimate of drug-likeness (QED) is 0.224. The van der Waals surface area contributed by atoms with Crippen LogP contribution in [0.1, 0.15) is 38.6 Å². The van der Waals surface area contributed by atoms with E-state index in [0.717, 1.165) is 34.4 Å². The summed E-state index contributed by atoms with van der Waals surface area (Å²) in [5.74, 6) is 1.42. The Labute approximate surface area is 240 Å². The molecule has 3 aromatic carbocycles. The van der Waals surface area contributed by atoms with E-state index in [9.17, 15) is 4.79 Å². The predicted molar refractivity (Wildman–Crippen MR) is 162 cm³/mol. The topological polar surface area (TPSA) is 56.2 Å². The first-order valence-electron chi connectivity index (χ1n) is 12.8. The Morgan fingerprint density at radius 2 is 1.64 bits per heavy atom. The van der Waals surface area contributed by atoms with E-state index >= 15 is 0 Å². The summed E-state index contributed by atoms with van der Waals surface area (Å²) in [5.41, 5.74) is 4.83. The molecule has 0 aliphatic rings. The molecule has 1 amide bonds. The summed E-state index contributed by atoms with van der Waals surface area (Å²) in [5, 5.41) is 4.08. The summed E-state index contributed by atoms with van der Waals surface area (Å²) in [6, 6.07) is 21.6. The number of nitrogens with zero attached hydrogens (tertiary/aromatic N) is 2. The molecular weight excluding hydrogens is 529 g/mol. The molecule has 202 valence electrons. The molecule has 1 heterocycles. The normalized spacial score (nSPS) is 11.6. The van der Waals surface area contributed by atoms with Crippen molar-refractivity contribution in [3.8, 4) is 28.1 Å². The first-order valence-corrected chi connectivity index (χ1v) is 13.6. The van der Waals surface area contributed by atoms with Crippen LogP contribution in [-0.4, -0.2) is 29.1 Å². The molecular formula is C32H33Cl2N3O2. The van der Waals surface area contributed by atoms with Crippen molar-refractivity contribution in [1.82, 2.24) is 14.9 Å². The third-order valence-electron chi connectivity index (χ3n) is 6.28. The predicted octanol–water partition coefficient (Wildman–Crippen LogP) is 8.26. The van der Waals surface area contributed by atoms with Crippen molar-refractivity contribution in [3.63, 3.8) is 0 Å². The zero-order chi connectivity index (χ0) is 28.0. The highest BCUT2D eigenvalue weighted by Gasteiger charge is 2.15. The molecule has 5 nitrogen and oxygen atoms in total. The van der Waals surface area contributed by atoms with Gasteiger partial charge in [-0.25, -0.2) is 4.98 Å². The lowest BCUT2D eigenvalue weighted by atomic mass is 9.92. The van der Waals surface area contributed by atoms with Gasteiger partial charge in [0.2, 0.25) is 5.91 Å². The molecule has 0 unspecified atom stereocenters. The first kappa shape index (κ1) is 28.5. The molecule has 0 aliphatic carbocycles. The molecule has 7 heteroatoms. The van der Waals surface area contributed by atoms with Crippen molar-refractivity contribution in [3.05, 3.63) is 94.4 Å². The van der Waals surface area contributed by atoms with E-state index in [1.807, 2.05) is 53.2 Å². The van der Waals surface area contributed by atoms with E-state index in [-0.39, 0.29) is 17.9 Å². The van der Waals surface area contributed by atoms with Crippen molar-refractivity contribution in [1.29, 1.82) is 0 Å². The van der Waals surface area contributed by atoms with E-state index in [1.165, 1.54) is 0 Å². The minimum Gasteiger partial charge on any atom is -0.497 e. The Balaban J connectivity index is 1.56. The van der Waals surface area contributed by atoms with E-state index in [0.29, 0.717) is 28.1 Å². The molecule has 1 aromatic heterocycles. The van der Waals surface area contributed by atoms with Gasteiger partial charge in [0.25, 0.3) is 0 Å². The van der Waals surface area contributed by atoms with Gasteiger partial charge < -0.3 is 14.6 Å². The van der Waals surface area contributed by atoms with Gasteiger partial charge in [-0.15, -0.1) is 0 Å². The Bertz CT molecular complexity index is 1450. The van der Waals surface area contributed by atoms with Crippen molar-refractivity contribution in [2.75, 3.05) is 13.7 Å². The minimum atomic E-state index is -0.0658. The number of nitrogens with one attached hydrogen (secondary N) is 1. The summed E-state index contributed by atoms with van der Waals surface area (Å²) in [4.78, 5) is 17.6. The van der Waals surface area contributed by atoms with Crippen LogP contribution in [0.25, 0.3) is 34.5 Å². The molecule has 39 heavy (non-hydrogen) atoms. The Morgan fingerprint density at radius 3 is 2.26 bits per heavy atom. The van der Waals surface area contributed by atoms with Gasteiger partial charge in [-0.3, -0.25) is 4.79 Å². The lowest BCUT2D eigenvalue weighted by Gasteiger charge is -2.18. The van der Waals surface area contributed by atoms with Crippen LogP contribution in [0.5, 0.6) is 5.75 Å². The highest BCUT2D eigenvalue weighted by atomic mass is 35.5. The molecule has 0 aliphatic heterocycles. The highest BCUT2D eigenvalue weighted by Crippen LogP contribution is 2.30. The standard InChI is InChI=1S/C32H33Cl2N3O2/c1-32(2,3)17-18-35-31(38)21-37-20-29(27-15-12-25(33)19-28(27)34)36-30(37)16-7-22-5-8-23(9-6-22)24-10-13-26(39-4)14-11-24/h5-16,19-20H,17-18,21H2,1-4H3,(H,35,38). The van der Waals surface area contributed by atoms with Crippen LogP contribution in [0.3, 0.4) is 0 Å². The van der Waals surface area contributed by atoms with Gasteiger partial charge in [-0.2, -0.15) is 0 Å². The maximum atomic E-state index is 12.8. The van der Waals surface area contributed by atoms with Crippen LogP contribution in [0.15, 0.2) is 72.9 Å². The number of methoxy groups -OCH3 is 1. The number of benzene rings is 3. The van der Waals surface area contributed by atoms with Gasteiger partial charge in [0.15, 0.2) is 0 Å². The fraction of sp³-hybridized carbons (Fsp3) is 0.250. The summed E-state index contributed by atoms with van der Waals surface area (Å²) in [6.07, 6.45) is 6.65. The maximum Gasteiger partial charge on any atom is 0.239 e. The fourth-order valence-electron chi connectivity index (χ4n) is 4.05. The van der Waals surface area contributed by atoms with Gasteiger partial charge in [-0.05, 0) is 64.9 Å². The van der Waals surface area contributed by atoms with Gasteiger partial charge in [0, 0.05) is 23.3 Å². The number of ether oxygens (including phenoxy) is 1. The van der Waals surface area contributed by atoms with E-state index in [1.54, 1.807) is 19.2 Å². The largest absolute Gasteiger partial charge is 0.497 e. The Kier molecular flexibility index (Phi) is 9.16. The smallest absolute Gasteiger partial charge is 0.239 e. The van der Waals surface area contributed by atoms with Crippen molar-refractivity contribution in [2.24, 2.45) is 5.41 Å². The average Bonchev–Trinajstić information content (AvgIpc) is 3.29. The molecule has 0 bridgehead atoms. The van der Waals surface area contributed by atoms with Crippen LogP contribution >= 0.6 is 23.2 Å². The Hall–Kier alpha value is -3.54. The Morgan fingerprint density at radius 1 is 0.974 bits per heavy atom. The SMILES string of the molecule is COc1ccc(-c2ccc(C=Cc3nc(-c4ccc(Cl)cc4Cl)cn3CC(=O)NCCC(C)(C)C)cc2)cc1. The third-order valence-corrected chi connectivity index (χ3v) is 6.83. The third kappa shape index (κ3) is 7.98. The van der Waals surface area contributed by atoms with E-state index < -0.39 is 0 Å². The number of rotatable bonds is 9. The average molecular weight is 563 g/mol. The number of imidazole rings is 1. The second kappa shape index (κ2) is 12.5. The zero-order valence-corrected chi connectivity index (χ0v) is 24.2.